The van der Waals surface area contributed by atoms with Crippen LogP contribution in [0.1, 0.15) is 13.3 Å². The number of carbonyl (C=O) groups is 2. The second-order valence-electron chi connectivity index (χ2n) is 2.84. The molecule has 0 amide bonds. The maximum atomic E-state index is 10.6. The summed E-state index contributed by atoms with van der Waals surface area (Å²) >= 11 is 0. The van der Waals surface area contributed by atoms with E-state index in [4.69, 9.17) is 15.3 Å². The standard InChI is InChI=1S/C7H12O6/c1-7(5(9)10,6(11)12)3-4(8)13-2/h4,8H,3H2,1-2H3,(H,9,10)(H,11,12). The number of methoxy groups -OCH3 is 1. The molecular weight excluding hydrogens is 180 g/mol. The van der Waals surface area contributed by atoms with Crippen LogP contribution < -0.4 is 0 Å². The van der Waals surface area contributed by atoms with E-state index in [1.165, 1.54) is 0 Å². The summed E-state index contributed by atoms with van der Waals surface area (Å²) in [7, 11) is 1.16. The molecule has 6 nitrogen and oxygen atoms in total. The van der Waals surface area contributed by atoms with Gasteiger partial charge in [-0.15, -0.1) is 0 Å². The highest BCUT2D eigenvalue weighted by Gasteiger charge is 2.43. The molecule has 13 heavy (non-hydrogen) atoms. The van der Waals surface area contributed by atoms with E-state index in [-0.39, 0.29) is 0 Å². The lowest BCUT2D eigenvalue weighted by molar-refractivity contribution is -0.173. The Morgan fingerprint density at radius 2 is 1.77 bits per heavy atom. The fraction of sp³-hybridized carbons (Fsp3) is 0.714. The monoisotopic (exact) mass is 192 g/mol. The number of carboxylic acids is 2. The second kappa shape index (κ2) is 4.20. The van der Waals surface area contributed by atoms with Gasteiger partial charge in [-0.3, -0.25) is 9.59 Å². The zero-order valence-electron chi connectivity index (χ0n) is 7.35. The molecular formula is C7H12O6. The summed E-state index contributed by atoms with van der Waals surface area (Å²) in [6.45, 7) is 1.01. The summed E-state index contributed by atoms with van der Waals surface area (Å²) in [6.07, 6.45) is -1.88. The predicted molar refractivity (Wildman–Crippen MR) is 41.0 cm³/mol. The summed E-state index contributed by atoms with van der Waals surface area (Å²) in [5.41, 5.74) is -2.02. The molecule has 0 spiro atoms. The van der Waals surface area contributed by atoms with Crippen LogP contribution in [0.15, 0.2) is 0 Å². The summed E-state index contributed by atoms with van der Waals surface area (Å²) < 4.78 is 4.38. The van der Waals surface area contributed by atoms with Crippen molar-refractivity contribution in [2.75, 3.05) is 7.11 Å². The molecule has 3 N–H and O–H groups in total. The van der Waals surface area contributed by atoms with Crippen LogP contribution in [0.5, 0.6) is 0 Å². The van der Waals surface area contributed by atoms with Gasteiger partial charge in [0.2, 0.25) is 0 Å². The van der Waals surface area contributed by atoms with Crippen LogP contribution in [0.2, 0.25) is 0 Å². The van der Waals surface area contributed by atoms with Crippen molar-refractivity contribution in [1.29, 1.82) is 0 Å². The van der Waals surface area contributed by atoms with Crippen molar-refractivity contribution in [2.45, 2.75) is 19.6 Å². The van der Waals surface area contributed by atoms with Crippen molar-refractivity contribution in [3.05, 3.63) is 0 Å². The summed E-state index contributed by atoms with van der Waals surface area (Å²) in [4.78, 5) is 21.1. The van der Waals surface area contributed by atoms with Crippen LogP contribution in [0.3, 0.4) is 0 Å². The first kappa shape index (κ1) is 11.9. The summed E-state index contributed by atoms with van der Waals surface area (Å²) in [5, 5.41) is 26.1. The Bertz CT molecular complexity index is 197. The molecule has 6 heteroatoms. The topological polar surface area (TPSA) is 104 Å². The fourth-order valence-electron chi connectivity index (χ4n) is 0.699. The van der Waals surface area contributed by atoms with Gasteiger partial charge in [-0.2, -0.15) is 0 Å². The quantitative estimate of drug-likeness (QED) is 0.401. The van der Waals surface area contributed by atoms with Crippen molar-refractivity contribution in [3.8, 4) is 0 Å². The van der Waals surface area contributed by atoms with Crippen molar-refractivity contribution in [2.24, 2.45) is 5.41 Å². The van der Waals surface area contributed by atoms with E-state index in [1.807, 2.05) is 0 Å². The minimum absolute atomic E-state index is 0.492. The van der Waals surface area contributed by atoms with Crippen molar-refractivity contribution in [3.63, 3.8) is 0 Å². The number of ether oxygens (including phenoxy) is 1. The Morgan fingerprint density at radius 3 is 2.00 bits per heavy atom. The Kier molecular flexibility index (Phi) is 3.83. The number of rotatable bonds is 5. The molecule has 0 aliphatic heterocycles. The highest BCUT2D eigenvalue weighted by Crippen LogP contribution is 2.24. The number of hydrogen-bond acceptors (Lipinski definition) is 4. The molecule has 0 aliphatic rings. The van der Waals surface area contributed by atoms with Crippen molar-refractivity contribution >= 4 is 11.9 Å². The number of aliphatic carboxylic acids is 2. The molecule has 0 aliphatic carbocycles. The normalized spacial score (nSPS) is 13.8. The molecule has 0 radical (unpaired) electrons. The van der Waals surface area contributed by atoms with E-state index in [9.17, 15) is 9.59 Å². The van der Waals surface area contributed by atoms with Crippen molar-refractivity contribution in [1.82, 2.24) is 0 Å². The zero-order valence-corrected chi connectivity index (χ0v) is 7.35. The first-order valence-corrected chi connectivity index (χ1v) is 3.52. The molecule has 0 bridgehead atoms. The maximum Gasteiger partial charge on any atom is 0.320 e. The molecule has 0 fully saturated rings. The first-order valence-electron chi connectivity index (χ1n) is 3.52. The van der Waals surface area contributed by atoms with Gasteiger partial charge in [0.15, 0.2) is 11.7 Å². The molecule has 0 rings (SSSR count). The molecule has 0 aromatic carbocycles. The number of carboxylic acid groups (broad SMARTS) is 2. The first-order chi connectivity index (χ1) is 5.84. The van der Waals surface area contributed by atoms with Crippen LogP contribution in [-0.2, 0) is 14.3 Å². The minimum Gasteiger partial charge on any atom is -0.480 e. The number of aliphatic hydroxyl groups is 1. The average molecular weight is 192 g/mol. The number of hydrogen-bond donors (Lipinski definition) is 3. The van der Waals surface area contributed by atoms with Gasteiger partial charge >= 0.3 is 11.9 Å². The van der Waals surface area contributed by atoms with Gasteiger partial charge in [0, 0.05) is 13.5 Å². The van der Waals surface area contributed by atoms with Gasteiger partial charge in [-0.05, 0) is 6.92 Å². The van der Waals surface area contributed by atoms with Gasteiger partial charge in [-0.1, -0.05) is 0 Å². The SMILES string of the molecule is COC(O)CC(C)(C(=O)O)C(=O)O. The lowest BCUT2D eigenvalue weighted by Gasteiger charge is -2.21. The lowest BCUT2D eigenvalue weighted by Crippen LogP contribution is -2.39. The molecule has 1 unspecified atom stereocenters. The predicted octanol–water partition coefficient (Wildman–Crippen LogP) is -0.483. The van der Waals surface area contributed by atoms with Crippen LogP contribution in [-0.4, -0.2) is 40.7 Å². The third-order valence-electron chi connectivity index (χ3n) is 1.80. The van der Waals surface area contributed by atoms with Crippen molar-refractivity contribution < 1.29 is 29.6 Å². The van der Waals surface area contributed by atoms with Crippen LogP contribution >= 0.6 is 0 Å². The fourth-order valence-corrected chi connectivity index (χ4v) is 0.699. The highest BCUT2D eigenvalue weighted by molar-refractivity contribution is 5.97. The van der Waals surface area contributed by atoms with Crippen LogP contribution in [0, 0.1) is 5.41 Å². The molecule has 0 aromatic heterocycles. The molecule has 0 saturated carbocycles. The van der Waals surface area contributed by atoms with Gasteiger partial charge in [0.1, 0.15) is 0 Å². The van der Waals surface area contributed by atoms with Gasteiger partial charge < -0.3 is 20.1 Å². The third-order valence-corrected chi connectivity index (χ3v) is 1.80. The molecule has 76 valence electrons. The number of aliphatic hydroxyl groups excluding tert-OH is 1. The summed E-state index contributed by atoms with van der Waals surface area (Å²) in [6, 6.07) is 0. The summed E-state index contributed by atoms with van der Waals surface area (Å²) in [5.74, 6) is -3.01. The van der Waals surface area contributed by atoms with E-state index < -0.39 is 30.1 Å². The lowest BCUT2D eigenvalue weighted by atomic mass is 9.87. The van der Waals surface area contributed by atoms with E-state index >= 15 is 0 Å². The maximum absolute atomic E-state index is 10.6. The average Bonchev–Trinajstić information content (AvgIpc) is 2.03. The van der Waals surface area contributed by atoms with E-state index in [2.05, 4.69) is 4.74 Å². The molecule has 1 atom stereocenters. The largest absolute Gasteiger partial charge is 0.480 e. The minimum atomic E-state index is -2.02. The highest BCUT2D eigenvalue weighted by atomic mass is 16.6. The van der Waals surface area contributed by atoms with Crippen LogP contribution in [0.25, 0.3) is 0 Å². The van der Waals surface area contributed by atoms with Gasteiger partial charge in [0.25, 0.3) is 0 Å². The Morgan fingerprint density at radius 1 is 1.38 bits per heavy atom. The van der Waals surface area contributed by atoms with E-state index in [0.717, 1.165) is 14.0 Å². The van der Waals surface area contributed by atoms with E-state index in [1.54, 1.807) is 0 Å². The Labute approximate surface area is 74.7 Å². The van der Waals surface area contributed by atoms with Gasteiger partial charge in [0.05, 0.1) is 0 Å². The smallest absolute Gasteiger partial charge is 0.320 e. The van der Waals surface area contributed by atoms with E-state index in [0.29, 0.717) is 0 Å². The third kappa shape index (κ3) is 2.67. The Hall–Kier alpha value is -1.14. The molecule has 0 saturated heterocycles. The molecule has 0 heterocycles. The Balaban J connectivity index is 4.61. The second-order valence-corrected chi connectivity index (χ2v) is 2.84. The molecule has 0 aromatic rings. The van der Waals surface area contributed by atoms with Gasteiger partial charge in [-0.25, -0.2) is 0 Å². The van der Waals surface area contributed by atoms with Crippen LogP contribution in [0.4, 0.5) is 0 Å². The zero-order chi connectivity index (χ0) is 10.6.